The van der Waals surface area contributed by atoms with Gasteiger partial charge in [-0.2, -0.15) is 15.4 Å². The van der Waals surface area contributed by atoms with Gasteiger partial charge in [-0.25, -0.2) is 0 Å². The molecular formula is C11H20N4. The van der Waals surface area contributed by atoms with Gasteiger partial charge >= 0.3 is 0 Å². The van der Waals surface area contributed by atoms with Gasteiger partial charge in [0.15, 0.2) is 0 Å². The Hall–Kier alpha value is -0.900. The number of hydrogen-bond acceptors (Lipinski definition) is 3. The van der Waals surface area contributed by atoms with Crippen LogP contribution in [0.3, 0.4) is 0 Å². The van der Waals surface area contributed by atoms with Crippen LogP contribution in [0, 0.1) is 5.92 Å². The second-order valence-corrected chi connectivity index (χ2v) is 4.14. The quantitative estimate of drug-likeness (QED) is 0.763. The molecule has 0 radical (unpaired) electrons. The number of rotatable bonds is 1. The minimum Gasteiger partial charge on any atom is -0.303 e. The van der Waals surface area contributed by atoms with Crippen LogP contribution in [0.25, 0.3) is 0 Å². The number of aromatic amines is 1. The van der Waals surface area contributed by atoms with Gasteiger partial charge in [0.05, 0.1) is 11.9 Å². The topological polar surface area (TPSA) is 44.8 Å². The molecule has 4 nitrogen and oxygen atoms in total. The molecule has 4 rings (SSSR count). The Morgan fingerprint density at radius 1 is 1.33 bits per heavy atom. The van der Waals surface area contributed by atoms with Gasteiger partial charge in [-0.15, -0.1) is 0 Å². The van der Waals surface area contributed by atoms with Gasteiger partial charge in [-0.1, -0.05) is 13.8 Å². The molecule has 1 aromatic heterocycles. The molecule has 4 heteroatoms. The fourth-order valence-corrected chi connectivity index (χ4v) is 2.69. The van der Waals surface area contributed by atoms with Crippen LogP contribution in [0.2, 0.25) is 0 Å². The normalized spacial score (nSPS) is 33.3. The maximum Gasteiger partial charge on any atom is 0.0871 e. The highest BCUT2D eigenvalue weighted by Gasteiger charge is 2.35. The summed E-state index contributed by atoms with van der Waals surface area (Å²) in [5, 5.41) is 10.8. The average molecular weight is 208 g/mol. The molecule has 0 saturated carbocycles. The van der Waals surface area contributed by atoms with E-state index in [4.69, 9.17) is 0 Å². The predicted octanol–water partition coefficient (Wildman–Crippen LogP) is 1.64. The predicted molar refractivity (Wildman–Crippen MR) is 59.6 cm³/mol. The molecule has 1 unspecified atom stereocenters. The number of H-pyrrole nitrogens is 1. The smallest absolute Gasteiger partial charge is 0.0871 e. The molecule has 3 saturated heterocycles. The fraction of sp³-hybridized carbons (Fsp3) is 0.818. The Morgan fingerprint density at radius 2 is 2.07 bits per heavy atom. The molecule has 3 aliphatic rings. The first-order chi connectivity index (χ1) is 7.43. The molecule has 84 valence electrons. The zero-order valence-electron chi connectivity index (χ0n) is 9.61. The third-order valence-electron chi connectivity index (χ3n) is 3.47. The van der Waals surface area contributed by atoms with Crippen LogP contribution in [-0.2, 0) is 0 Å². The lowest BCUT2D eigenvalue weighted by Gasteiger charge is -2.44. The van der Waals surface area contributed by atoms with Crippen molar-refractivity contribution < 1.29 is 0 Å². The van der Waals surface area contributed by atoms with Gasteiger partial charge in [0.2, 0.25) is 0 Å². The van der Waals surface area contributed by atoms with Crippen LogP contribution in [0.5, 0.6) is 0 Å². The molecule has 1 atom stereocenters. The van der Waals surface area contributed by atoms with Crippen LogP contribution in [-0.4, -0.2) is 39.9 Å². The summed E-state index contributed by atoms with van der Waals surface area (Å²) in [6, 6.07) is 0. The second kappa shape index (κ2) is 4.75. The minimum atomic E-state index is 0.640. The van der Waals surface area contributed by atoms with Crippen molar-refractivity contribution in [1.29, 1.82) is 0 Å². The largest absolute Gasteiger partial charge is 0.303 e. The minimum absolute atomic E-state index is 0.640. The molecule has 3 aliphatic heterocycles. The first kappa shape index (κ1) is 10.6. The number of fused-ring (bicyclic) bond motifs is 3. The Labute approximate surface area is 91.1 Å². The lowest BCUT2D eigenvalue weighted by atomic mass is 9.78. The third kappa shape index (κ3) is 2.04. The van der Waals surface area contributed by atoms with Crippen molar-refractivity contribution in [3.05, 3.63) is 11.9 Å². The van der Waals surface area contributed by atoms with E-state index in [0.29, 0.717) is 5.92 Å². The van der Waals surface area contributed by atoms with Crippen molar-refractivity contribution in [2.75, 3.05) is 19.6 Å². The molecule has 1 aromatic rings. The highest BCUT2D eigenvalue weighted by atomic mass is 15.3. The summed E-state index contributed by atoms with van der Waals surface area (Å²) in [7, 11) is 0. The van der Waals surface area contributed by atoms with E-state index in [2.05, 4.69) is 20.3 Å². The number of nitrogens with one attached hydrogen (secondary N) is 1. The van der Waals surface area contributed by atoms with E-state index in [0.717, 1.165) is 11.6 Å². The van der Waals surface area contributed by atoms with Gasteiger partial charge in [0.25, 0.3) is 0 Å². The van der Waals surface area contributed by atoms with E-state index in [1.165, 1.54) is 32.5 Å². The van der Waals surface area contributed by atoms with Crippen molar-refractivity contribution in [3.8, 4) is 0 Å². The Kier molecular flexibility index (Phi) is 3.36. The van der Waals surface area contributed by atoms with Gasteiger partial charge in [0.1, 0.15) is 0 Å². The number of piperidine rings is 3. The van der Waals surface area contributed by atoms with Crippen molar-refractivity contribution in [2.45, 2.75) is 32.6 Å². The SMILES string of the molecule is CC.c1n[nH]nc1C1CN2CCC1CC2. The monoisotopic (exact) mass is 208 g/mol. The molecule has 0 amide bonds. The van der Waals surface area contributed by atoms with Crippen LogP contribution < -0.4 is 0 Å². The first-order valence-corrected chi connectivity index (χ1v) is 6.01. The lowest BCUT2D eigenvalue weighted by Crippen LogP contribution is -2.46. The summed E-state index contributed by atoms with van der Waals surface area (Å²) >= 11 is 0. The van der Waals surface area contributed by atoms with Crippen molar-refractivity contribution in [3.63, 3.8) is 0 Å². The van der Waals surface area contributed by atoms with Crippen LogP contribution in [0.1, 0.15) is 38.3 Å². The standard InChI is InChI=1S/C9H14N4.C2H6/c1-3-13-4-2-7(1)8(6-13)9-5-10-12-11-9;1-2/h5,7-8H,1-4,6H2,(H,10,11,12);1-2H3. The first-order valence-electron chi connectivity index (χ1n) is 6.01. The summed E-state index contributed by atoms with van der Waals surface area (Å²) in [6.07, 6.45) is 4.57. The van der Waals surface area contributed by atoms with Crippen molar-refractivity contribution in [2.24, 2.45) is 5.92 Å². The second-order valence-electron chi connectivity index (χ2n) is 4.14. The van der Waals surface area contributed by atoms with Gasteiger partial charge in [-0.3, -0.25) is 0 Å². The number of nitrogens with zero attached hydrogens (tertiary/aromatic N) is 3. The maximum atomic E-state index is 4.20. The van der Waals surface area contributed by atoms with Gasteiger partial charge < -0.3 is 4.90 Å². The molecule has 1 N–H and O–H groups in total. The summed E-state index contributed by atoms with van der Waals surface area (Å²) in [5.41, 5.74) is 1.16. The highest BCUT2D eigenvalue weighted by Crippen LogP contribution is 2.37. The third-order valence-corrected chi connectivity index (χ3v) is 3.47. The van der Waals surface area contributed by atoms with Gasteiger partial charge in [0, 0.05) is 12.5 Å². The molecule has 2 bridgehead atoms. The zero-order chi connectivity index (χ0) is 10.7. The number of aromatic nitrogens is 3. The fourth-order valence-electron chi connectivity index (χ4n) is 2.69. The molecule has 0 aromatic carbocycles. The van der Waals surface area contributed by atoms with Crippen molar-refractivity contribution >= 4 is 0 Å². The summed E-state index contributed by atoms with van der Waals surface area (Å²) < 4.78 is 0. The number of hydrogen-bond donors (Lipinski definition) is 1. The van der Waals surface area contributed by atoms with E-state index in [-0.39, 0.29) is 0 Å². The zero-order valence-corrected chi connectivity index (χ0v) is 9.61. The van der Waals surface area contributed by atoms with Crippen LogP contribution in [0.4, 0.5) is 0 Å². The maximum absolute atomic E-state index is 4.20. The average Bonchev–Trinajstić information content (AvgIpc) is 2.87. The Morgan fingerprint density at radius 3 is 2.53 bits per heavy atom. The van der Waals surface area contributed by atoms with Gasteiger partial charge in [-0.05, 0) is 31.8 Å². The van der Waals surface area contributed by atoms with E-state index >= 15 is 0 Å². The van der Waals surface area contributed by atoms with Crippen LogP contribution >= 0.6 is 0 Å². The van der Waals surface area contributed by atoms with Crippen molar-refractivity contribution in [1.82, 2.24) is 20.3 Å². The lowest BCUT2D eigenvalue weighted by molar-refractivity contribution is 0.0854. The summed E-state index contributed by atoms with van der Waals surface area (Å²) in [4.78, 5) is 2.54. The molecular weight excluding hydrogens is 188 g/mol. The van der Waals surface area contributed by atoms with E-state index in [1.807, 2.05) is 20.0 Å². The molecule has 0 spiro atoms. The van der Waals surface area contributed by atoms with Crippen LogP contribution in [0.15, 0.2) is 6.20 Å². The Bertz CT molecular complexity index is 275. The molecule has 0 aliphatic carbocycles. The van der Waals surface area contributed by atoms with E-state index < -0.39 is 0 Å². The summed E-state index contributed by atoms with van der Waals surface area (Å²) in [6.45, 7) is 7.77. The molecule has 15 heavy (non-hydrogen) atoms. The molecule has 4 heterocycles. The summed E-state index contributed by atoms with van der Waals surface area (Å²) in [5.74, 6) is 1.50. The Balaban J connectivity index is 0.000000404. The molecule has 3 fully saturated rings. The van der Waals surface area contributed by atoms with E-state index in [9.17, 15) is 0 Å². The van der Waals surface area contributed by atoms with E-state index in [1.54, 1.807) is 0 Å². The highest BCUT2D eigenvalue weighted by molar-refractivity contribution is 5.08.